The van der Waals surface area contributed by atoms with Gasteiger partial charge < -0.3 is 14.8 Å². The minimum absolute atomic E-state index is 0.181. The van der Waals surface area contributed by atoms with Crippen LogP contribution in [0, 0.1) is 5.82 Å². The van der Waals surface area contributed by atoms with Gasteiger partial charge in [0.25, 0.3) is 5.91 Å². The maximum atomic E-state index is 13.6. The Hall–Kier alpha value is -2.86. The summed E-state index contributed by atoms with van der Waals surface area (Å²) in [5.74, 6) is 0.668. The van der Waals surface area contributed by atoms with Crippen molar-refractivity contribution >= 4 is 16.8 Å². The zero-order valence-corrected chi connectivity index (χ0v) is 13.3. The quantitative estimate of drug-likeness (QED) is 0.741. The third-order valence-electron chi connectivity index (χ3n) is 4.79. The number of rotatable bonds is 1. The maximum Gasteiger partial charge on any atom is 0.262 e. The lowest BCUT2D eigenvalue weighted by Gasteiger charge is -2.16. The SMILES string of the molecule is O=C(c1cccc(F)c1)n1c2c(c3cc4c(cc31)OCO4)CNCC2. The van der Waals surface area contributed by atoms with Crippen molar-refractivity contribution in [2.45, 2.75) is 13.0 Å². The molecule has 0 saturated carbocycles. The number of ether oxygens (including phenoxy) is 2. The number of fused-ring (bicyclic) bond motifs is 4. The molecule has 0 bridgehead atoms. The van der Waals surface area contributed by atoms with Crippen molar-refractivity contribution in [3.05, 3.63) is 59.0 Å². The van der Waals surface area contributed by atoms with Gasteiger partial charge in [-0.1, -0.05) is 6.07 Å². The largest absolute Gasteiger partial charge is 0.454 e. The van der Waals surface area contributed by atoms with Crippen LogP contribution in [0.15, 0.2) is 36.4 Å². The minimum Gasteiger partial charge on any atom is -0.454 e. The molecule has 0 amide bonds. The number of nitrogens with one attached hydrogen (secondary N) is 1. The van der Waals surface area contributed by atoms with Gasteiger partial charge in [0.1, 0.15) is 5.82 Å². The highest BCUT2D eigenvalue weighted by Crippen LogP contribution is 2.40. The van der Waals surface area contributed by atoms with E-state index in [2.05, 4.69) is 5.32 Å². The first-order valence-corrected chi connectivity index (χ1v) is 8.19. The second kappa shape index (κ2) is 5.32. The summed E-state index contributed by atoms with van der Waals surface area (Å²) in [4.78, 5) is 13.1. The summed E-state index contributed by atoms with van der Waals surface area (Å²) in [7, 11) is 0. The molecule has 1 aromatic heterocycles. The van der Waals surface area contributed by atoms with Crippen LogP contribution in [0.2, 0.25) is 0 Å². The summed E-state index contributed by atoms with van der Waals surface area (Å²) in [5, 5.41) is 4.31. The predicted molar refractivity (Wildman–Crippen MR) is 89.6 cm³/mol. The minimum atomic E-state index is -0.421. The molecule has 3 heterocycles. The van der Waals surface area contributed by atoms with Gasteiger partial charge >= 0.3 is 0 Å². The van der Waals surface area contributed by atoms with Crippen LogP contribution in [-0.2, 0) is 13.0 Å². The monoisotopic (exact) mass is 338 g/mol. The molecule has 5 rings (SSSR count). The first-order chi connectivity index (χ1) is 12.2. The van der Waals surface area contributed by atoms with Crippen molar-refractivity contribution in [2.75, 3.05) is 13.3 Å². The van der Waals surface area contributed by atoms with E-state index >= 15 is 0 Å². The van der Waals surface area contributed by atoms with Crippen molar-refractivity contribution in [3.63, 3.8) is 0 Å². The molecule has 0 spiro atoms. The smallest absolute Gasteiger partial charge is 0.262 e. The van der Waals surface area contributed by atoms with Crippen LogP contribution < -0.4 is 14.8 Å². The Balaban J connectivity index is 1.78. The van der Waals surface area contributed by atoms with E-state index < -0.39 is 5.82 Å². The van der Waals surface area contributed by atoms with Crippen LogP contribution in [0.5, 0.6) is 11.5 Å². The van der Waals surface area contributed by atoms with Crippen LogP contribution >= 0.6 is 0 Å². The topological polar surface area (TPSA) is 52.5 Å². The van der Waals surface area contributed by atoms with Gasteiger partial charge in [0.2, 0.25) is 6.79 Å². The summed E-state index contributed by atoms with van der Waals surface area (Å²) < 4.78 is 26.2. The van der Waals surface area contributed by atoms with Gasteiger partial charge in [0, 0.05) is 42.2 Å². The first-order valence-electron chi connectivity index (χ1n) is 8.19. The van der Waals surface area contributed by atoms with Crippen LogP contribution in [-0.4, -0.2) is 23.8 Å². The molecule has 0 radical (unpaired) electrons. The average Bonchev–Trinajstić information content (AvgIpc) is 3.21. The molecule has 2 aliphatic heterocycles. The number of aromatic nitrogens is 1. The molecule has 1 N–H and O–H groups in total. The van der Waals surface area contributed by atoms with E-state index in [1.165, 1.54) is 12.1 Å². The third kappa shape index (κ3) is 2.14. The van der Waals surface area contributed by atoms with E-state index in [1.54, 1.807) is 16.7 Å². The predicted octanol–water partition coefficient (Wildman–Crippen LogP) is 2.84. The summed E-state index contributed by atoms with van der Waals surface area (Å²) in [6, 6.07) is 9.57. The van der Waals surface area contributed by atoms with Gasteiger partial charge in [0.05, 0.1) is 5.52 Å². The summed E-state index contributed by atoms with van der Waals surface area (Å²) in [5.41, 5.74) is 3.15. The van der Waals surface area contributed by atoms with E-state index in [9.17, 15) is 9.18 Å². The van der Waals surface area contributed by atoms with Crippen molar-refractivity contribution in [1.82, 2.24) is 9.88 Å². The highest BCUT2D eigenvalue weighted by Gasteiger charge is 2.27. The van der Waals surface area contributed by atoms with Crippen LogP contribution in [0.3, 0.4) is 0 Å². The number of nitrogens with zero attached hydrogens (tertiary/aromatic N) is 1. The van der Waals surface area contributed by atoms with Gasteiger partial charge in [-0.15, -0.1) is 0 Å². The van der Waals surface area contributed by atoms with Crippen LogP contribution in [0.1, 0.15) is 21.6 Å². The van der Waals surface area contributed by atoms with Crippen molar-refractivity contribution in [2.24, 2.45) is 0 Å². The van der Waals surface area contributed by atoms with Crippen molar-refractivity contribution in [1.29, 1.82) is 0 Å². The molecule has 0 saturated heterocycles. The summed E-state index contributed by atoms with van der Waals surface area (Å²) in [6.07, 6.45) is 0.734. The summed E-state index contributed by atoms with van der Waals surface area (Å²) in [6.45, 7) is 1.67. The second-order valence-electron chi connectivity index (χ2n) is 6.23. The van der Waals surface area contributed by atoms with Gasteiger partial charge in [-0.05, 0) is 29.8 Å². The fourth-order valence-electron chi connectivity index (χ4n) is 3.66. The Morgan fingerprint density at radius 2 is 2.00 bits per heavy atom. The van der Waals surface area contributed by atoms with Crippen LogP contribution in [0.25, 0.3) is 10.9 Å². The fraction of sp³-hybridized carbons (Fsp3) is 0.211. The van der Waals surface area contributed by atoms with E-state index in [1.807, 2.05) is 12.1 Å². The zero-order chi connectivity index (χ0) is 17.0. The molecular formula is C19H15FN2O3. The Kier molecular flexibility index (Phi) is 3.08. The molecule has 0 unspecified atom stereocenters. The third-order valence-corrected chi connectivity index (χ3v) is 4.79. The zero-order valence-electron chi connectivity index (χ0n) is 13.3. The number of benzene rings is 2. The highest BCUT2D eigenvalue weighted by molar-refractivity contribution is 6.05. The fourth-order valence-corrected chi connectivity index (χ4v) is 3.66. The van der Waals surface area contributed by atoms with Crippen LogP contribution in [0.4, 0.5) is 4.39 Å². The molecule has 5 nitrogen and oxygen atoms in total. The number of carbonyl (C=O) groups excluding carboxylic acids is 1. The molecule has 126 valence electrons. The standard InChI is InChI=1S/C19H15FN2O3/c20-12-3-1-2-11(6-12)19(23)22-15-4-5-21-9-14(15)13-7-17-18(8-16(13)22)25-10-24-17/h1-3,6-8,21H,4-5,9-10H2. The number of carbonyl (C=O) groups is 1. The van der Waals surface area contributed by atoms with E-state index in [0.717, 1.165) is 35.1 Å². The normalized spacial score (nSPS) is 15.4. The highest BCUT2D eigenvalue weighted by atomic mass is 19.1. The van der Waals surface area contributed by atoms with Gasteiger partial charge in [-0.25, -0.2) is 4.39 Å². The van der Waals surface area contributed by atoms with E-state index in [-0.39, 0.29) is 12.7 Å². The molecule has 3 aromatic rings. The lowest BCUT2D eigenvalue weighted by atomic mass is 10.1. The Morgan fingerprint density at radius 3 is 2.84 bits per heavy atom. The summed E-state index contributed by atoms with van der Waals surface area (Å²) >= 11 is 0. The first kappa shape index (κ1) is 14.5. The van der Waals surface area contributed by atoms with Gasteiger partial charge in [-0.3, -0.25) is 9.36 Å². The molecule has 0 atom stereocenters. The molecule has 2 aliphatic rings. The Labute approximate surface area is 143 Å². The number of hydrogen-bond donors (Lipinski definition) is 1. The molecule has 0 fully saturated rings. The Bertz CT molecular complexity index is 1030. The Morgan fingerprint density at radius 1 is 1.16 bits per heavy atom. The second-order valence-corrected chi connectivity index (χ2v) is 6.23. The lowest BCUT2D eigenvalue weighted by molar-refractivity contribution is 0.0961. The molecule has 6 heteroatoms. The molecular weight excluding hydrogens is 323 g/mol. The van der Waals surface area contributed by atoms with Crippen molar-refractivity contribution < 1.29 is 18.7 Å². The number of hydrogen-bond acceptors (Lipinski definition) is 4. The molecule has 0 aliphatic carbocycles. The lowest BCUT2D eigenvalue weighted by Crippen LogP contribution is -2.26. The van der Waals surface area contributed by atoms with Crippen molar-refractivity contribution in [3.8, 4) is 11.5 Å². The van der Waals surface area contributed by atoms with E-state index in [0.29, 0.717) is 23.6 Å². The molecule has 25 heavy (non-hydrogen) atoms. The molecule has 2 aromatic carbocycles. The number of halogens is 1. The maximum absolute atomic E-state index is 13.6. The van der Waals surface area contributed by atoms with Gasteiger partial charge in [0.15, 0.2) is 11.5 Å². The van der Waals surface area contributed by atoms with Gasteiger partial charge in [-0.2, -0.15) is 0 Å². The van der Waals surface area contributed by atoms with E-state index in [4.69, 9.17) is 9.47 Å². The average molecular weight is 338 g/mol.